The third-order valence-electron chi connectivity index (χ3n) is 2.16. The Morgan fingerprint density at radius 3 is 2.76 bits per heavy atom. The molecule has 0 spiro atoms. The van der Waals surface area contributed by atoms with Crippen LogP contribution in [0.5, 0.6) is 0 Å². The highest BCUT2D eigenvalue weighted by Crippen LogP contribution is 2.13. The van der Waals surface area contributed by atoms with E-state index in [0.29, 0.717) is 12.4 Å². The lowest BCUT2D eigenvalue weighted by Crippen LogP contribution is -2.11. The summed E-state index contributed by atoms with van der Waals surface area (Å²) in [6, 6.07) is 3.56. The first-order valence-electron chi connectivity index (χ1n) is 5.21. The summed E-state index contributed by atoms with van der Waals surface area (Å²) in [6.07, 6.45) is 3.30. The fraction of sp³-hybridized carbons (Fsp3) is 0.273. The maximum Gasteiger partial charge on any atom is 0.376 e. The quantitative estimate of drug-likeness (QED) is 0.740. The van der Waals surface area contributed by atoms with E-state index in [1.807, 2.05) is 0 Å². The molecule has 0 saturated carbocycles. The van der Waals surface area contributed by atoms with Crippen molar-refractivity contribution in [2.45, 2.75) is 6.92 Å². The van der Waals surface area contributed by atoms with Crippen LogP contribution in [0.2, 0.25) is 0 Å². The zero-order valence-electron chi connectivity index (χ0n) is 9.62. The molecular weight excluding hydrogens is 220 g/mol. The molecule has 17 heavy (non-hydrogen) atoms. The Kier molecular flexibility index (Phi) is 3.13. The number of rotatable bonds is 3. The second-order valence-electron chi connectivity index (χ2n) is 3.34. The van der Waals surface area contributed by atoms with Gasteiger partial charge in [-0.1, -0.05) is 0 Å². The van der Waals surface area contributed by atoms with Gasteiger partial charge in [-0.15, -0.1) is 0 Å². The molecule has 0 saturated heterocycles. The Bertz CT molecular complexity index is 522. The van der Waals surface area contributed by atoms with Crippen LogP contribution in [0.25, 0.3) is 11.4 Å². The van der Waals surface area contributed by atoms with Gasteiger partial charge >= 0.3 is 5.97 Å². The highest BCUT2D eigenvalue weighted by Gasteiger charge is 2.16. The number of hydrogen-bond acceptors (Lipinski definition) is 5. The number of hydrogen-bond donors (Lipinski definition) is 0. The number of aryl methyl sites for hydroxylation is 1. The van der Waals surface area contributed by atoms with Crippen LogP contribution in [0.1, 0.15) is 17.5 Å². The molecule has 0 radical (unpaired) electrons. The van der Waals surface area contributed by atoms with Gasteiger partial charge in [-0.3, -0.25) is 4.98 Å². The van der Waals surface area contributed by atoms with Crippen molar-refractivity contribution < 1.29 is 9.53 Å². The van der Waals surface area contributed by atoms with E-state index in [4.69, 9.17) is 4.74 Å². The van der Waals surface area contributed by atoms with Gasteiger partial charge in [-0.05, 0) is 19.1 Å². The molecule has 0 aliphatic carbocycles. The summed E-state index contributed by atoms with van der Waals surface area (Å²) in [7, 11) is 1.66. The fourth-order valence-corrected chi connectivity index (χ4v) is 1.38. The molecule has 2 aromatic rings. The Labute approximate surface area is 98.3 Å². The van der Waals surface area contributed by atoms with Crippen LogP contribution in [0.3, 0.4) is 0 Å². The molecule has 0 unspecified atom stereocenters. The standard InChI is InChI=1S/C11H12N4O2/c1-3-17-11(16)10-13-9(14-15(10)2)8-4-6-12-7-5-8/h4-7H,3H2,1-2H3. The average Bonchev–Trinajstić information content (AvgIpc) is 2.73. The van der Waals surface area contributed by atoms with Crippen molar-refractivity contribution in [3.05, 3.63) is 30.4 Å². The van der Waals surface area contributed by atoms with E-state index < -0.39 is 5.97 Å². The molecule has 0 aliphatic heterocycles. The second kappa shape index (κ2) is 4.73. The molecular formula is C11H12N4O2. The van der Waals surface area contributed by atoms with Gasteiger partial charge in [-0.25, -0.2) is 14.5 Å². The van der Waals surface area contributed by atoms with Crippen molar-refractivity contribution in [2.75, 3.05) is 6.61 Å². The summed E-state index contributed by atoms with van der Waals surface area (Å²) in [4.78, 5) is 19.6. The molecule has 0 aromatic carbocycles. The summed E-state index contributed by atoms with van der Waals surface area (Å²) in [5, 5.41) is 4.16. The van der Waals surface area contributed by atoms with Crippen LogP contribution < -0.4 is 0 Å². The van der Waals surface area contributed by atoms with Crippen molar-refractivity contribution in [3.63, 3.8) is 0 Å². The molecule has 88 valence electrons. The monoisotopic (exact) mass is 232 g/mol. The van der Waals surface area contributed by atoms with E-state index in [9.17, 15) is 4.79 Å². The minimum atomic E-state index is -0.470. The van der Waals surface area contributed by atoms with Crippen molar-refractivity contribution in [1.29, 1.82) is 0 Å². The van der Waals surface area contributed by atoms with Gasteiger partial charge in [0, 0.05) is 25.0 Å². The van der Waals surface area contributed by atoms with Gasteiger partial charge in [0.25, 0.3) is 0 Å². The van der Waals surface area contributed by atoms with Crippen LogP contribution >= 0.6 is 0 Å². The van der Waals surface area contributed by atoms with Crippen LogP contribution in [0.15, 0.2) is 24.5 Å². The largest absolute Gasteiger partial charge is 0.460 e. The van der Waals surface area contributed by atoms with Gasteiger partial charge in [-0.2, -0.15) is 5.10 Å². The SMILES string of the molecule is CCOC(=O)c1nc(-c2ccncc2)nn1C. The number of carbonyl (C=O) groups excluding carboxylic acids is 1. The van der Waals surface area contributed by atoms with Crippen LogP contribution in [0.4, 0.5) is 0 Å². The summed E-state index contributed by atoms with van der Waals surface area (Å²) in [6.45, 7) is 2.06. The predicted octanol–water partition coefficient (Wildman–Crippen LogP) is 1.05. The Morgan fingerprint density at radius 1 is 1.41 bits per heavy atom. The molecule has 0 fully saturated rings. The van der Waals surface area contributed by atoms with E-state index in [-0.39, 0.29) is 5.82 Å². The number of esters is 1. The number of nitrogens with zero attached hydrogens (tertiary/aromatic N) is 4. The molecule has 2 rings (SSSR count). The van der Waals surface area contributed by atoms with Crippen molar-refractivity contribution in [2.24, 2.45) is 7.05 Å². The van der Waals surface area contributed by atoms with Gasteiger partial charge in [0.15, 0.2) is 5.82 Å². The number of carbonyl (C=O) groups is 1. The Balaban J connectivity index is 2.34. The summed E-state index contributed by atoms with van der Waals surface area (Å²) < 4.78 is 6.29. The normalized spacial score (nSPS) is 10.2. The predicted molar refractivity (Wildman–Crippen MR) is 60.2 cm³/mol. The number of aromatic nitrogens is 4. The summed E-state index contributed by atoms with van der Waals surface area (Å²) in [5.74, 6) is 0.208. The molecule has 6 nitrogen and oxygen atoms in total. The fourth-order valence-electron chi connectivity index (χ4n) is 1.38. The van der Waals surface area contributed by atoms with Gasteiger partial charge in [0.2, 0.25) is 5.82 Å². The lowest BCUT2D eigenvalue weighted by molar-refractivity contribution is 0.0506. The first kappa shape index (κ1) is 11.3. The van der Waals surface area contributed by atoms with Crippen LogP contribution in [-0.4, -0.2) is 32.3 Å². The third-order valence-corrected chi connectivity index (χ3v) is 2.16. The molecule has 0 bridgehead atoms. The topological polar surface area (TPSA) is 69.9 Å². The lowest BCUT2D eigenvalue weighted by Gasteiger charge is -1.98. The molecule has 0 amide bonds. The molecule has 0 atom stereocenters. The van der Waals surface area contributed by atoms with E-state index in [0.717, 1.165) is 5.56 Å². The van der Waals surface area contributed by atoms with Crippen molar-refractivity contribution >= 4 is 5.97 Å². The summed E-state index contributed by atoms with van der Waals surface area (Å²) in [5.41, 5.74) is 0.811. The third kappa shape index (κ3) is 2.30. The molecule has 0 N–H and O–H groups in total. The lowest BCUT2D eigenvalue weighted by atomic mass is 10.2. The minimum Gasteiger partial charge on any atom is -0.460 e. The van der Waals surface area contributed by atoms with E-state index in [2.05, 4.69) is 15.1 Å². The Morgan fingerprint density at radius 2 is 2.12 bits per heavy atom. The smallest absolute Gasteiger partial charge is 0.376 e. The van der Waals surface area contributed by atoms with Gasteiger partial charge in [0.05, 0.1) is 6.61 Å². The molecule has 2 aromatic heterocycles. The maximum absolute atomic E-state index is 11.6. The molecule has 2 heterocycles. The van der Waals surface area contributed by atoms with Gasteiger partial charge in [0.1, 0.15) is 0 Å². The number of pyridine rings is 1. The molecule has 6 heteroatoms. The second-order valence-corrected chi connectivity index (χ2v) is 3.34. The van der Waals surface area contributed by atoms with Crippen molar-refractivity contribution in [1.82, 2.24) is 19.7 Å². The van der Waals surface area contributed by atoms with Crippen LogP contribution in [-0.2, 0) is 11.8 Å². The van der Waals surface area contributed by atoms with E-state index in [1.165, 1.54) is 4.68 Å². The number of ether oxygens (including phenoxy) is 1. The van der Waals surface area contributed by atoms with Crippen molar-refractivity contribution in [3.8, 4) is 11.4 Å². The zero-order valence-corrected chi connectivity index (χ0v) is 9.62. The van der Waals surface area contributed by atoms with Crippen LogP contribution in [0, 0.1) is 0 Å². The zero-order chi connectivity index (χ0) is 12.3. The Hall–Kier alpha value is -2.24. The van der Waals surface area contributed by atoms with Gasteiger partial charge < -0.3 is 4.74 Å². The first-order valence-corrected chi connectivity index (χ1v) is 5.21. The maximum atomic E-state index is 11.6. The van der Waals surface area contributed by atoms with E-state index >= 15 is 0 Å². The summed E-state index contributed by atoms with van der Waals surface area (Å²) >= 11 is 0. The van der Waals surface area contributed by atoms with E-state index in [1.54, 1.807) is 38.5 Å². The first-order chi connectivity index (χ1) is 8.22. The highest BCUT2D eigenvalue weighted by molar-refractivity contribution is 5.86. The highest BCUT2D eigenvalue weighted by atomic mass is 16.5. The average molecular weight is 232 g/mol. The minimum absolute atomic E-state index is 0.193. The molecule has 0 aliphatic rings.